The number of rotatable bonds is 5. The minimum absolute atomic E-state index is 0.120. The molecule has 1 aliphatic heterocycles. The molecule has 1 aromatic rings. The zero-order chi connectivity index (χ0) is 16.2. The van der Waals surface area contributed by atoms with E-state index in [0.717, 1.165) is 41.9 Å². The second kappa shape index (κ2) is 6.77. The van der Waals surface area contributed by atoms with Crippen LogP contribution in [0.5, 0.6) is 0 Å². The van der Waals surface area contributed by atoms with E-state index in [4.69, 9.17) is 0 Å². The maximum atomic E-state index is 11.8. The molecule has 1 aliphatic carbocycles. The Balaban J connectivity index is 1.60. The van der Waals surface area contributed by atoms with Crippen molar-refractivity contribution in [1.29, 1.82) is 0 Å². The van der Waals surface area contributed by atoms with Gasteiger partial charge in [-0.3, -0.25) is 10.2 Å². The van der Waals surface area contributed by atoms with E-state index in [1.54, 1.807) is 11.1 Å². The summed E-state index contributed by atoms with van der Waals surface area (Å²) >= 11 is 0. The summed E-state index contributed by atoms with van der Waals surface area (Å²) in [5.41, 5.74) is 6.88. The molecule has 1 saturated heterocycles. The Morgan fingerprint density at radius 3 is 2.65 bits per heavy atom. The molecule has 0 aromatic carbocycles. The van der Waals surface area contributed by atoms with Gasteiger partial charge < -0.3 is 4.90 Å². The van der Waals surface area contributed by atoms with Gasteiger partial charge in [0.05, 0.1) is 6.54 Å². The number of allylic oxidation sites excluding steroid dienone is 1. The minimum Gasteiger partial charge on any atom is -0.312 e. The van der Waals surface area contributed by atoms with Gasteiger partial charge in [-0.2, -0.15) is 5.10 Å². The smallest absolute Gasteiger partial charge is 0.227 e. The summed E-state index contributed by atoms with van der Waals surface area (Å²) in [5, 5.41) is 4.39. The van der Waals surface area contributed by atoms with E-state index in [9.17, 15) is 4.79 Å². The van der Waals surface area contributed by atoms with Crippen LogP contribution in [0.15, 0.2) is 42.3 Å². The summed E-state index contributed by atoms with van der Waals surface area (Å²) in [5.74, 6) is 0.845. The highest BCUT2D eigenvalue weighted by Gasteiger charge is 2.24. The molecule has 0 bridgehead atoms. The van der Waals surface area contributed by atoms with Gasteiger partial charge in [-0.25, -0.2) is 4.98 Å². The molecular formula is C18H22N4O. The summed E-state index contributed by atoms with van der Waals surface area (Å²) in [6, 6.07) is 3.84. The average molecular weight is 310 g/mol. The molecule has 1 amide bonds. The van der Waals surface area contributed by atoms with Crippen molar-refractivity contribution in [3.63, 3.8) is 0 Å². The van der Waals surface area contributed by atoms with Crippen LogP contribution in [-0.4, -0.2) is 28.0 Å². The Bertz CT molecular complexity index is 636. The van der Waals surface area contributed by atoms with Gasteiger partial charge in [0.2, 0.25) is 5.91 Å². The molecule has 1 N–H and O–H groups in total. The molecule has 0 atom stereocenters. The number of carbonyl (C=O) groups is 1. The van der Waals surface area contributed by atoms with Crippen molar-refractivity contribution in [2.45, 2.75) is 38.5 Å². The van der Waals surface area contributed by atoms with Crippen LogP contribution >= 0.6 is 0 Å². The fraction of sp³-hybridized carbons (Fsp3) is 0.389. The van der Waals surface area contributed by atoms with E-state index in [2.05, 4.69) is 28.7 Å². The lowest BCUT2D eigenvalue weighted by Gasteiger charge is -2.18. The first kappa shape index (κ1) is 15.5. The third kappa shape index (κ3) is 3.67. The van der Waals surface area contributed by atoms with Crippen LogP contribution < -0.4 is 5.43 Å². The highest BCUT2D eigenvalue weighted by Crippen LogP contribution is 2.24. The highest BCUT2D eigenvalue weighted by molar-refractivity contribution is 5.86. The summed E-state index contributed by atoms with van der Waals surface area (Å²) in [4.78, 5) is 17.9. The Kier molecular flexibility index (Phi) is 4.55. The number of aromatic nitrogens is 1. The Labute approximate surface area is 136 Å². The van der Waals surface area contributed by atoms with Gasteiger partial charge in [0.1, 0.15) is 5.82 Å². The van der Waals surface area contributed by atoms with Crippen molar-refractivity contribution in [2.24, 2.45) is 5.10 Å². The maximum absolute atomic E-state index is 11.8. The average Bonchev–Trinajstić information content (AvgIpc) is 3.18. The predicted molar refractivity (Wildman–Crippen MR) is 92.9 cm³/mol. The molecule has 0 radical (unpaired) electrons. The van der Waals surface area contributed by atoms with Gasteiger partial charge in [-0.15, -0.1) is 0 Å². The zero-order valence-electron chi connectivity index (χ0n) is 13.3. The van der Waals surface area contributed by atoms with Crippen LogP contribution in [0.4, 0.5) is 5.82 Å². The van der Waals surface area contributed by atoms with Crippen LogP contribution in [0.25, 0.3) is 5.57 Å². The van der Waals surface area contributed by atoms with Gasteiger partial charge in [-0.05, 0) is 55.4 Å². The lowest BCUT2D eigenvalue weighted by molar-refractivity contribution is -0.126. The fourth-order valence-corrected chi connectivity index (χ4v) is 2.88. The lowest BCUT2D eigenvalue weighted by atomic mass is 10.1. The molecule has 23 heavy (non-hydrogen) atoms. The van der Waals surface area contributed by atoms with Gasteiger partial charge in [0, 0.05) is 24.0 Å². The number of amides is 1. The van der Waals surface area contributed by atoms with Gasteiger partial charge in [0.15, 0.2) is 0 Å². The number of hydrogen-bond donors (Lipinski definition) is 1. The lowest BCUT2D eigenvalue weighted by Crippen LogP contribution is -2.24. The normalized spacial score (nSPS) is 17.7. The van der Waals surface area contributed by atoms with Crippen LogP contribution in [0.3, 0.4) is 0 Å². The van der Waals surface area contributed by atoms with Crippen molar-refractivity contribution >= 4 is 23.0 Å². The standard InChI is InChI=1S/C18H22N4O/c1-13(12-22-14(2)7-10-18(22)23)15-8-9-17(19-11-15)21-20-16-5-3-4-6-16/h8-9,11H,1-7,10,12H2,(H,19,21). The van der Waals surface area contributed by atoms with Crippen LogP contribution in [0, 0.1) is 0 Å². The Morgan fingerprint density at radius 1 is 1.26 bits per heavy atom. The molecule has 2 aliphatic rings. The van der Waals surface area contributed by atoms with Gasteiger partial charge >= 0.3 is 0 Å². The molecule has 5 nitrogen and oxygen atoms in total. The molecular weight excluding hydrogens is 288 g/mol. The second-order valence-electron chi connectivity index (χ2n) is 6.08. The molecule has 2 heterocycles. The van der Waals surface area contributed by atoms with Crippen molar-refractivity contribution in [3.05, 3.63) is 42.7 Å². The molecule has 1 aromatic heterocycles. The Morgan fingerprint density at radius 2 is 2.04 bits per heavy atom. The molecule has 0 unspecified atom stereocenters. The minimum atomic E-state index is 0.120. The van der Waals surface area contributed by atoms with E-state index in [0.29, 0.717) is 13.0 Å². The molecule has 120 valence electrons. The summed E-state index contributed by atoms with van der Waals surface area (Å²) < 4.78 is 0. The summed E-state index contributed by atoms with van der Waals surface area (Å²) in [6.07, 6.45) is 7.68. The number of hydrazone groups is 1. The zero-order valence-corrected chi connectivity index (χ0v) is 13.3. The fourth-order valence-electron chi connectivity index (χ4n) is 2.88. The van der Waals surface area contributed by atoms with E-state index >= 15 is 0 Å². The van der Waals surface area contributed by atoms with Crippen LogP contribution in [-0.2, 0) is 4.79 Å². The van der Waals surface area contributed by atoms with E-state index < -0.39 is 0 Å². The van der Waals surface area contributed by atoms with Gasteiger partial charge in [-0.1, -0.05) is 13.2 Å². The number of nitrogens with one attached hydrogen (secondary N) is 1. The molecule has 2 fully saturated rings. The number of carbonyl (C=O) groups excluding carboxylic acids is 1. The monoisotopic (exact) mass is 310 g/mol. The number of anilines is 1. The number of hydrogen-bond acceptors (Lipinski definition) is 4. The van der Waals surface area contributed by atoms with Gasteiger partial charge in [0.25, 0.3) is 0 Å². The third-order valence-electron chi connectivity index (χ3n) is 4.34. The van der Waals surface area contributed by atoms with Crippen molar-refractivity contribution in [1.82, 2.24) is 9.88 Å². The Hall–Kier alpha value is -2.43. The van der Waals surface area contributed by atoms with Crippen LogP contribution in [0.2, 0.25) is 0 Å². The van der Waals surface area contributed by atoms with Crippen LogP contribution in [0.1, 0.15) is 44.1 Å². The number of nitrogens with zero attached hydrogens (tertiary/aromatic N) is 3. The molecule has 3 rings (SSSR count). The quantitative estimate of drug-likeness (QED) is 0.846. The van der Waals surface area contributed by atoms with E-state index in [1.165, 1.54) is 18.6 Å². The summed E-state index contributed by atoms with van der Waals surface area (Å²) in [6.45, 7) is 8.49. The van der Waals surface area contributed by atoms with E-state index in [-0.39, 0.29) is 5.91 Å². The molecule has 1 saturated carbocycles. The highest BCUT2D eigenvalue weighted by atomic mass is 16.2. The maximum Gasteiger partial charge on any atom is 0.227 e. The third-order valence-corrected chi connectivity index (χ3v) is 4.34. The first-order valence-electron chi connectivity index (χ1n) is 8.07. The first-order valence-corrected chi connectivity index (χ1v) is 8.07. The number of likely N-dealkylation sites (tertiary alicyclic amines) is 1. The van der Waals surface area contributed by atoms with E-state index in [1.807, 2.05) is 12.1 Å². The second-order valence-corrected chi connectivity index (χ2v) is 6.08. The predicted octanol–water partition coefficient (Wildman–Crippen LogP) is 3.57. The van der Waals surface area contributed by atoms with Crippen molar-refractivity contribution in [2.75, 3.05) is 12.0 Å². The topological polar surface area (TPSA) is 57.6 Å². The summed E-state index contributed by atoms with van der Waals surface area (Å²) in [7, 11) is 0. The van der Waals surface area contributed by atoms with Crippen molar-refractivity contribution in [3.8, 4) is 0 Å². The largest absolute Gasteiger partial charge is 0.312 e. The first-order chi connectivity index (χ1) is 11.1. The molecule has 5 heteroatoms. The van der Waals surface area contributed by atoms with Crippen molar-refractivity contribution < 1.29 is 4.79 Å². The molecule has 0 spiro atoms. The number of pyridine rings is 1. The SMILES string of the molecule is C=C(CN1C(=C)CCC1=O)c1ccc(NN=C2CCCC2)nc1.